The molecule has 0 spiro atoms. The van der Waals surface area contributed by atoms with Gasteiger partial charge in [-0.15, -0.1) is 0 Å². The first-order chi connectivity index (χ1) is 7.98. The number of fused-ring (bicyclic) bond motifs is 2. The van der Waals surface area contributed by atoms with E-state index in [0.29, 0.717) is 11.0 Å². The van der Waals surface area contributed by atoms with Crippen LogP contribution in [0.5, 0.6) is 0 Å². The maximum atomic E-state index is 12.2. The van der Waals surface area contributed by atoms with Crippen LogP contribution in [0.1, 0.15) is 20.8 Å². The van der Waals surface area contributed by atoms with Gasteiger partial charge in [-0.2, -0.15) is 5.10 Å². The van der Waals surface area contributed by atoms with Crippen LogP contribution in [0.4, 0.5) is 0 Å². The zero-order valence-electron chi connectivity index (χ0n) is 10.1. The topological polar surface area (TPSA) is 52.7 Å². The van der Waals surface area contributed by atoms with Crippen molar-refractivity contribution in [3.63, 3.8) is 0 Å². The number of hydrogen-bond acceptors (Lipinski definition) is 4. The van der Waals surface area contributed by atoms with Crippen LogP contribution in [0.25, 0.3) is 11.0 Å². The second-order valence-electron chi connectivity index (χ2n) is 5.16. The normalized spacial score (nSPS) is 15.5. The summed E-state index contributed by atoms with van der Waals surface area (Å²) in [5, 5.41) is 5.73. The summed E-state index contributed by atoms with van der Waals surface area (Å²) in [5.74, 6) is 0.928. The van der Waals surface area contributed by atoms with Crippen molar-refractivity contribution in [1.82, 2.24) is 19.3 Å². The molecule has 90 valence electrons. The van der Waals surface area contributed by atoms with Gasteiger partial charge in [0.25, 0.3) is 5.56 Å². The van der Waals surface area contributed by atoms with Crippen molar-refractivity contribution in [1.29, 1.82) is 0 Å². The lowest BCUT2D eigenvalue weighted by Crippen LogP contribution is -2.25. The van der Waals surface area contributed by atoms with Gasteiger partial charge in [-0.3, -0.25) is 9.36 Å². The molecule has 1 aliphatic rings. The fourth-order valence-corrected chi connectivity index (χ4v) is 2.95. The first kappa shape index (κ1) is 10.8. The molecule has 0 bridgehead atoms. The molecular formula is C11H14N4OS. The largest absolute Gasteiger partial charge is 0.286 e. The molecule has 0 atom stereocenters. The van der Waals surface area contributed by atoms with Crippen molar-refractivity contribution in [3.8, 4) is 0 Å². The van der Waals surface area contributed by atoms with Gasteiger partial charge in [0.2, 0.25) is 0 Å². The third-order valence-electron chi connectivity index (χ3n) is 2.83. The van der Waals surface area contributed by atoms with Gasteiger partial charge in [0.05, 0.1) is 11.7 Å². The van der Waals surface area contributed by atoms with E-state index in [2.05, 4.69) is 30.9 Å². The lowest BCUT2D eigenvalue weighted by atomic mass is 10.1. The Labute approximate surface area is 103 Å². The number of rotatable bonds is 0. The third kappa shape index (κ3) is 1.50. The van der Waals surface area contributed by atoms with E-state index in [9.17, 15) is 4.79 Å². The SMILES string of the molecule is CC(C)(C)n1ncc2c(=O)n3c(nc21)SCC3. The number of nitrogens with zero attached hydrogens (tertiary/aromatic N) is 4. The van der Waals surface area contributed by atoms with Crippen LogP contribution >= 0.6 is 11.8 Å². The lowest BCUT2D eigenvalue weighted by Gasteiger charge is -2.19. The van der Waals surface area contributed by atoms with E-state index in [1.54, 1.807) is 22.5 Å². The molecule has 3 heterocycles. The van der Waals surface area contributed by atoms with Gasteiger partial charge in [-0.1, -0.05) is 11.8 Å². The van der Waals surface area contributed by atoms with Gasteiger partial charge >= 0.3 is 0 Å². The van der Waals surface area contributed by atoms with Gasteiger partial charge in [0.15, 0.2) is 10.8 Å². The minimum absolute atomic E-state index is 0.0329. The summed E-state index contributed by atoms with van der Waals surface area (Å²) in [5.41, 5.74) is 0.567. The second kappa shape index (κ2) is 3.35. The highest BCUT2D eigenvalue weighted by molar-refractivity contribution is 7.99. The van der Waals surface area contributed by atoms with Crippen LogP contribution in [0.2, 0.25) is 0 Å². The predicted octanol–water partition coefficient (Wildman–Crippen LogP) is 1.45. The zero-order valence-corrected chi connectivity index (χ0v) is 10.9. The Bertz CT molecular complexity index is 650. The van der Waals surface area contributed by atoms with Crippen LogP contribution in [0.15, 0.2) is 16.1 Å². The molecule has 5 nitrogen and oxygen atoms in total. The standard InChI is InChI=1S/C11H14N4OS/c1-11(2,3)15-8-7(6-12-15)9(16)14-4-5-17-10(14)13-8/h6H,4-5H2,1-3H3. The third-order valence-corrected chi connectivity index (χ3v) is 3.79. The summed E-state index contributed by atoms with van der Waals surface area (Å²) >= 11 is 1.63. The van der Waals surface area contributed by atoms with E-state index in [0.717, 1.165) is 17.5 Å². The fraction of sp³-hybridized carbons (Fsp3) is 0.545. The van der Waals surface area contributed by atoms with Crippen LogP contribution in [-0.2, 0) is 12.1 Å². The van der Waals surface area contributed by atoms with Crippen LogP contribution in [0, 0.1) is 0 Å². The molecule has 0 unspecified atom stereocenters. The average Bonchev–Trinajstić information content (AvgIpc) is 2.81. The molecule has 0 aromatic carbocycles. The highest BCUT2D eigenvalue weighted by Crippen LogP contribution is 2.25. The zero-order chi connectivity index (χ0) is 12.2. The highest BCUT2D eigenvalue weighted by Gasteiger charge is 2.23. The first-order valence-electron chi connectivity index (χ1n) is 5.60. The molecule has 2 aromatic heterocycles. The molecule has 0 amide bonds. The Kier molecular flexibility index (Phi) is 2.13. The molecular weight excluding hydrogens is 236 g/mol. The van der Waals surface area contributed by atoms with Gasteiger partial charge in [-0.05, 0) is 20.8 Å². The van der Waals surface area contributed by atoms with E-state index in [-0.39, 0.29) is 11.1 Å². The van der Waals surface area contributed by atoms with Crippen molar-refractivity contribution in [3.05, 3.63) is 16.6 Å². The molecule has 0 aliphatic carbocycles. The second-order valence-corrected chi connectivity index (χ2v) is 6.23. The summed E-state index contributed by atoms with van der Waals surface area (Å²) in [6.07, 6.45) is 1.63. The Morgan fingerprint density at radius 2 is 2.18 bits per heavy atom. The maximum absolute atomic E-state index is 12.2. The van der Waals surface area contributed by atoms with Crippen molar-refractivity contribution >= 4 is 22.8 Å². The molecule has 2 aromatic rings. The summed E-state index contributed by atoms with van der Waals surface area (Å²) in [6, 6.07) is 0. The van der Waals surface area contributed by atoms with Gasteiger partial charge in [0, 0.05) is 12.3 Å². The Balaban J connectivity index is 2.39. The van der Waals surface area contributed by atoms with E-state index in [1.165, 1.54) is 0 Å². The van der Waals surface area contributed by atoms with Crippen LogP contribution in [-0.4, -0.2) is 25.1 Å². The monoisotopic (exact) mass is 250 g/mol. The van der Waals surface area contributed by atoms with Crippen molar-refractivity contribution < 1.29 is 0 Å². The average molecular weight is 250 g/mol. The quantitative estimate of drug-likeness (QED) is 0.664. The van der Waals surface area contributed by atoms with E-state index in [4.69, 9.17) is 0 Å². The molecule has 3 rings (SSSR count). The summed E-state index contributed by atoms with van der Waals surface area (Å²) in [6.45, 7) is 6.92. The first-order valence-corrected chi connectivity index (χ1v) is 6.59. The van der Waals surface area contributed by atoms with E-state index in [1.807, 2.05) is 4.68 Å². The van der Waals surface area contributed by atoms with Gasteiger partial charge < -0.3 is 0 Å². The van der Waals surface area contributed by atoms with Crippen LogP contribution < -0.4 is 5.56 Å². The summed E-state index contributed by atoms with van der Waals surface area (Å²) in [4.78, 5) is 16.8. The number of thioether (sulfide) groups is 1. The molecule has 1 aliphatic heterocycles. The lowest BCUT2D eigenvalue weighted by molar-refractivity contribution is 0.365. The summed E-state index contributed by atoms with van der Waals surface area (Å²) in [7, 11) is 0. The number of aromatic nitrogens is 4. The van der Waals surface area contributed by atoms with Crippen molar-refractivity contribution in [2.75, 3.05) is 5.75 Å². The van der Waals surface area contributed by atoms with Crippen molar-refractivity contribution in [2.45, 2.75) is 38.0 Å². The van der Waals surface area contributed by atoms with Crippen LogP contribution in [0.3, 0.4) is 0 Å². The fourth-order valence-electron chi connectivity index (χ4n) is 2.01. The Hall–Kier alpha value is -1.30. The predicted molar refractivity (Wildman–Crippen MR) is 67.5 cm³/mol. The molecule has 0 fully saturated rings. The molecule has 0 saturated heterocycles. The number of hydrogen-bond donors (Lipinski definition) is 0. The van der Waals surface area contributed by atoms with E-state index < -0.39 is 0 Å². The molecule has 0 radical (unpaired) electrons. The van der Waals surface area contributed by atoms with Crippen molar-refractivity contribution in [2.24, 2.45) is 0 Å². The Morgan fingerprint density at radius 1 is 1.41 bits per heavy atom. The molecule has 6 heteroatoms. The molecule has 0 saturated carbocycles. The molecule has 17 heavy (non-hydrogen) atoms. The smallest absolute Gasteiger partial charge is 0.265 e. The highest BCUT2D eigenvalue weighted by atomic mass is 32.2. The summed E-state index contributed by atoms with van der Waals surface area (Å²) < 4.78 is 3.56. The maximum Gasteiger partial charge on any atom is 0.265 e. The van der Waals surface area contributed by atoms with E-state index >= 15 is 0 Å². The van der Waals surface area contributed by atoms with Gasteiger partial charge in [-0.25, -0.2) is 9.67 Å². The minimum Gasteiger partial charge on any atom is -0.286 e. The molecule has 0 N–H and O–H groups in total. The minimum atomic E-state index is -0.163. The van der Waals surface area contributed by atoms with Gasteiger partial charge in [0.1, 0.15) is 5.39 Å². The Morgan fingerprint density at radius 3 is 2.88 bits per heavy atom.